The monoisotopic (exact) mass is 359 g/mol. The lowest BCUT2D eigenvalue weighted by molar-refractivity contribution is 0.415. The molecule has 1 aromatic heterocycles. The van der Waals surface area contributed by atoms with Crippen molar-refractivity contribution < 1.29 is 4.74 Å². The summed E-state index contributed by atoms with van der Waals surface area (Å²) < 4.78 is 6.33. The Balaban J connectivity index is 1.54. The molecule has 0 spiro atoms. The fourth-order valence-electron chi connectivity index (χ4n) is 2.34. The highest BCUT2D eigenvalue weighted by atomic mass is 79.9. The SMILES string of the molecule is COc1ccc2nc(CNCCc3ccc(Br)cc3)[nH]c2c1. The number of hydrogen-bond acceptors (Lipinski definition) is 3. The van der Waals surface area contributed by atoms with Gasteiger partial charge in [-0.15, -0.1) is 0 Å². The number of fused-ring (bicyclic) bond motifs is 1. The van der Waals surface area contributed by atoms with E-state index >= 15 is 0 Å². The molecular formula is C17H18BrN3O. The molecule has 0 aliphatic rings. The van der Waals surface area contributed by atoms with Crippen LogP contribution >= 0.6 is 15.9 Å². The zero-order valence-electron chi connectivity index (χ0n) is 12.4. The van der Waals surface area contributed by atoms with Crippen molar-refractivity contribution in [1.29, 1.82) is 0 Å². The second-order valence-electron chi connectivity index (χ2n) is 5.12. The van der Waals surface area contributed by atoms with Gasteiger partial charge in [0.25, 0.3) is 0 Å². The molecule has 0 unspecified atom stereocenters. The highest BCUT2D eigenvalue weighted by Gasteiger charge is 2.03. The van der Waals surface area contributed by atoms with Crippen molar-refractivity contribution >= 4 is 27.0 Å². The fourth-order valence-corrected chi connectivity index (χ4v) is 2.61. The lowest BCUT2D eigenvalue weighted by Crippen LogP contribution is -2.17. The fraction of sp³-hybridized carbons (Fsp3) is 0.235. The molecule has 0 atom stereocenters. The zero-order chi connectivity index (χ0) is 15.4. The summed E-state index contributed by atoms with van der Waals surface area (Å²) in [6.45, 7) is 1.65. The van der Waals surface area contributed by atoms with Gasteiger partial charge < -0.3 is 15.0 Å². The van der Waals surface area contributed by atoms with Gasteiger partial charge >= 0.3 is 0 Å². The number of rotatable bonds is 6. The molecule has 0 amide bonds. The Bertz CT molecular complexity index is 752. The minimum Gasteiger partial charge on any atom is -0.497 e. The number of hydrogen-bond donors (Lipinski definition) is 2. The van der Waals surface area contributed by atoms with Crippen LogP contribution in [0.4, 0.5) is 0 Å². The van der Waals surface area contributed by atoms with Gasteiger partial charge in [-0.2, -0.15) is 0 Å². The van der Waals surface area contributed by atoms with Crippen LogP contribution in [-0.2, 0) is 13.0 Å². The molecule has 2 aromatic carbocycles. The van der Waals surface area contributed by atoms with Gasteiger partial charge in [0.05, 0.1) is 24.7 Å². The number of aromatic nitrogens is 2. The third-order valence-corrected chi connectivity index (χ3v) is 4.06. The summed E-state index contributed by atoms with van der Waals surface area (Å²) in [4.78, 5) is 7.88. The molecule has 4 nitrogen and oxygen atoms in total. The maximum absolute atomic E-state index is 5.22. The van der Waals surface area contributed by atoms with Gasteiger partial charge in [0.2, 0.25) is 0 Å². The number of H-pyrrole nitrogens is 1. The lowest BCUT2D eigenvalue weighted by atomic mass is 10.1. The Kier molecular flexibility index (Phi) is 4.75. The van der Waals surface area contributed by atoms with Crippen molar-refractivity contribution in [1.82, 2.24) is 15.3 Å². The zero-order valence-corrected chi connectivity index (χ0v) is 14.0. The smallest absolute Gasteiger partial charge is 0.121 e. The lowest BCUT2D eigenvalue weighted by Gasteiger charge is -2.03. The number of halogens is 1. The molecule has 0 saturated carbocycles. The van der Waals surface area contributed by atoms with Crippen LogP contribution in [0.2, 0.25) is 0 Å². The molecular weight excluding hydrogens is 342 g/mol. The Labute approximate surface area is 138 Å². The molecule has 2 N–H and O–H groups in total. The molecule has 22 heavy (non-hydrogen) atoms. The van der Waals surface area contributed by atoms with Crippen molar-refractivity contribution in [2.75, 3.05) is 13.7 Å². The molecule has 0 aliphatic heterocycles. The summed E-state index contributed by atoms with van der Waals surface area (Å²) in [6.07, 6.45) is 1.00. The molecule has 0 fully saturated rings. The van der Waals surface area contributed by atoms with Gasteiger partial charge in [-0.05, 0) is 42.8 Å². The van der Waals surface area contributed by atoms with Crippen LogP contribution in [-0.4, -0.2) is 23.6 Å². The van der Waals surface area contributed by atoms with E-state index in [1.807, 2.05) is 18.2 Å². The molecule has 114 valence electrons. The van der Waals surface area contributed by atoms with E-state index < -0.39 is 0 Å². The van der Waals surface area contributed by atoms with E-state index in [4.69, 9.17) is 4.74 Å². The summed E-state index contributed by atoms with van der Waals surface area (Å²) in [5.41, 5.74) is 3.29. The number of nitrogens with zero attached hydrogens (tertiary/aromatic N) is 1. The second kappa shape index (κ2) is 6.94. The number of imidazole rings is 1. The standard InChI is InChI=1S/C17H18BrN3O/c1-22-14-6-7-15-16(10-14)21-17(20-15)11-19-9-8-12-2-4-13(18)5-3-12/h2-7,10,19H,8-9,11H2,1H3,(H,20,21). The molecule has 5 heteroatoms. The van der Waals surface area contributed by atoms with Gasteiger partial charge in [0, 0.05) is 10.5 Å². The van der Waals surface area contributed by atoms with Crippen LogP contribution < -0.4 is 10.1 Å². The van der Waals surface area contributed by atoms with Gasteiger partial charge in [0.15, 0.2) is 0 Å². The van der Waals surface area contributed by atoms with Gasteiger partial charge in [-0.1, -0.05) is 28.1 Å². The van der Waals surface area contributed by atoms with Crippen molar-refractivity contribution in [3.05, 3.63) is 58.3 Å². The number of aromatic amines is 1. The molecule has 0 saturated heterocycles. The summed E-state index contributed by atoms with van der Waals surface area (Å²) in [5.74, 6) is 1.78. The predicted molar refractivity (Wildman–Crippen MR) is 92.2 cm³/mol. The number of nitrogens with one attached hydrogen (secondary N) is 2. The Morgan fingerprint density at radius 2 is 2.00 bits per heavy atom. The first-order valence-electron chi connectivity index (χ1n) is 7.22. The summed E-state index contributed by atoms with van der Waals surface area (Å²) in [7, 11) is 1.67. The largest absolute Gasteiger partial charge is 0.497 e. The van der Waals surface area contributed by atoms with Crippen molar-refractivity contribution in [2.24, 2.45) is 0 Å². The Morgan fingerprint density at radius 1 is 1.18 bits per heavy atom. The summed E-state index contributed by atoms with van der Waals surface area (Å²) >= 11 is 3.45. The average Bonchev–Trinajstić information content (AvgIpc) is 2.95. The summed E-state index contributed by atoms with van der Waals surface area (Å²) in [6, 6.07) is 14.3. The van der Waals surface area contributed by atoms with Crippen LogP contribution in [0.3, 0.4) is 0 Å². The number of benzene rings is 2. The highest BCUT2D eigenvalue weighted by Crippen LogP contribution is 2.18. The first-order chi connectivity index (χ1) is 10.7. The van der Waals surface area contributed by atoms with Crippen LogP contribution in [0.15, 0.2) is 46.9 Å². The Hall–Kier alpha value is -1.85. The Morgan fingerprint density at radius 3 is 2.77 bits per heavy atom. The van der Waals surface area contributed by atoms with Crippen LogP contribution in [0.5, 0.6) is 5.75 Å². The van der Waals surface area contributed by atoms with Gasteiger partial charge in [-0.3, -0.25) is 0 Å². The molecule has 0 aliphatic carbocycles. The van der Waals surface area contributed by atoms with Crippen LogP contribution in [0.25, 0.3) is 11.0 Å². The van der Waals surface area contributed by atoms with Gasteiger partial charge in [0.1, 0.15) is 11.6 Å². The third-order valence-electron chi connectivity index (χ3n) is 3.53. The second-order valence-corrected chi connectivity index (χ2v) is 6.04. The van der Waals surface area contributed by atoms with E-state index in [1.54, 1.807) is 7.11 Å². The average molecular weight is 360 g/mol. The van der Waals surface area contributed by atoms with Gasteiger partial charge in [-0.25, -0.2) is 4.98 Å². The highest BCUT2D eigenvalue weighted by molar-refractivity contribution is 9.10. The topological polar surface area (TPSA) is 49.9 Å². The maximum Gasteiger partial charge on any atom is 0.121 e. The number of ether oxygens (including phenoxy) is 1. The molecule has 3 aromatic rings. The molecule has 0 radical (unpaired) electrons. The van der Waals surface area contributed by atoms with Crippen LogP contribution in [0.1, 0.15) is 11.4 Å². The molecule has 1 heterocycles. The summed E-state index contributed by atoms with van der Waals surface area (Å²) in [5, 5.41) is 3.42. The van der Waals surface area contributed by atoms with E-state index in [1.165, 1.54) is 5.56 Å². The van der Waals surface area contributed by atoms with Crippen molar-refractivity contribution in [2.45, 2.75) is 13.0 Å². The van der Waals surface area contributed by atoms with E-state index in [2.05, 4.69) is 55.5 Å². The number of methoxy groups -OCH3 is 1. The third kappa shape index (κ3) is 3.67. The minimum absolute atomic E-state index is 0.730. The maximum atomic E-state index is 5.22. The van der Waals surface area contributed by atoms with E-state index in [0.717, 1.165) is 46.6 Å². The first kappa shape index (κ1) is 15.1. The molecule has 3 rings (SSSR count). The van der Waals surface area contributed by atoms with Crippen LogP contribution in [0, 0.1) is 0 Å². The van der Waals surface area contributed by atoms with E-state index in [9.17, 15) is 0 Å². The van der Waals surface area contributed by atoms with Crippen molar-refractivity contribution in [3.8, 4) is 5.75 Å². The molecule has 0 bridgehead atoms. The predicted octanol–water partition coefficient (Wildman–Crippen LogP) is 3.67. The normalized spacial score (nSPS) is 11.0. The minimum atomic E-state index is 0.730. The first-order valence-corrected chi connectivity index (χ1v) is 8.02. The van der Waals surface area contributed by atoms with E-state index in [0.29, 0.717) is 0 Å². The quantitative estimate of drug-likeness (QED) is 0.660. The van der Waals surface area contributed by atoms with E-state index in [-0.39, 0.29) is 0 Å². The van der Waals surface area contributed by atoms with Crippen molar-refractivity contribution in [3.63, 3.8) is 0 Å².